The van der Waals surface area contributed by atoms with Crippen LogP contribution in [0.4, 0.5) is 10.5 Å². The van der Waals surface area contributed by atoms with E-state index in [2.05, 4.69) is 5.32 Å². The number of carbonyl (C=O) groups excluding carboxylic acids is 3. The predicted molar refractivity (Wildman–Crippen MR) is 82.7 cm³/mol. The number of hydrogen-bond acceptors (Lipinski definition) is 4. The molecule has 23 heavy (non-hydrogen) atoms. The summed E-state index contributed by atoms with van der Waals surface area (Å²) < 4.78 is 6.40. The first kappa shape index (κ1) is 16.1. The summed E-state index contributed by atoms with van der Waals surface area (Å²) in [6.45, 7) is -0.143. The highest BCUT2D eigenvalue weighted by Gasteiger charge is 2.17. The van der Waals surface area contributed by atoms with Gasteiger partial charge < -0.3 is 26.1 Å². The van der Waals surface area contributed by atoms with Gasteiger partial charge in [-0.15, -0.1) is 0 Å². The van der Waals surface area contributed by atoms with Crippen molar-refractivity contribution in [1.82, 2.24) is 4.57 Å². The molecule has 0 aliphatic heterocycles. The lowest BCUT2D eigenvalue weighted by atomic mass is 10.2. The number of carbonyl (C=O) groups is 3. The molecule has 1 aromatic heterocycles. The number of anilines is 1. The Labute approximate surface area is 132 Å². The second kappa shape index (κ2) is 7.12. The zero-order chi connectivity index (χ0) is 16.8. The number of hydrogen-bond donors (Lipinski definition) is 3. The molecule has 8 heteroatoms. The van der Waals surface area contributed by atoms with E-state index in [9.17, 15) is 14.4 Å². The van der Waals surface area contributed by atoms with Crippen LogP contribution in [0.3, 0.4) is 0 Å². The van der Waals surface area contributed by atoms with E-state index in [1.165, 1.54) is 6.07 Å². The van der Waals surface area contributed by atoms with Crippen molar-refractivity contribution in [2.24, 2.45) is 11.5 Å². The van der Waals surface area contributed by atoms with Crippen molar-refractivity contribution in [3.63, 3.8) is 0 Å². The first-order chi connectivity index (χ1) is 11.0. The van der Waals surface area contributed by atoms with Gasteiger partial charge in [0.15, 0.2) is 6.61 Å². The minimum atomic E-state index is -0.755. The van der Waals surface area contributed by atoms with Crippen molar-refractivity contribution in [2.75, 3.05) is 11.9 Å². The van der Waals surface area contributed by atoms with Crippen LogP contribution in [0.2, 0.25) is 0 Å². The Morgan fingerprint density at radius 2 is 1.83 bits per heavy atom. The third-order valence-electron chi connectivity index (χ3n) is 2.91. The molecular formula is C15H16N4O4. The second-order valence-electron chi connectivity index (χ2n) is 4.76. The van der Waals surface area contributed by atoms with Gasteiger partial charge in [-0.05, 0) is 11.6 Å². The van der Waals surface area contributed by atoms with Crippen LogP contribution in [0.5, 0.6) is 0 Å². The van der Waals surface area contributed by atoms with Crippen molar-refractivity contribution in [2.45, 2.75) is 6.54 Å². The number of ether oxygens (including phenoxy) is 1. The van der Waals surface area contributed by atoms with Crippen LogP contribution in [0.15, 0.2) is 42.6 Å². The quantitative estimate of drug-likeness (QED) is 0.676. The van der Waals surface area contributed by atoms with Gasteiger partial charge in [0.05, 0.1) is 5.69 Å². The Morgan fingerprint density at radius 3 is 2.43 bits per heavy atom. The Bertz CT molecular complexity index is 724. The molecule has 1 heterocycles. The number of urea groups is 1. The summed E-state index contributed by atoms with van der Waals surface area (Å²) in [7, 11) is 0. The SMILES string of the molecule is NC(=O)COC(=O)c1cc(NC(N)=O)cn1Cc1ccccc1. The summed E-state index contributed by atoms with van der Waals surface area (Å²) in [5, 5.41) is 2.39. The normalized spacial score (nSPS) is 10.1. The number of primary amides is 2. The summed E-state index contributed by atoms with van der Waals surface area (Å²) in [5.41, 5.74) is 11.5. The molecule has 5 N–H and O–H groups in total. The zero-order valence-corrected chi connectivity index (χ0v) is 12.2. The summed E-state index contributed by atoms with van der Waals surface area (Å²) in [5.74, 6) is -1.48. The molecule has 0 spiro atoms. The molecule has 0 aliphatic carbocycles. The lowest BCUT2D eigenvalue weighted by Gasteiger charge is -2.08. The van der Waals surface area contributed by atoms with E-state index < -0.39 is 24.5 Å². The maximum atomic E-state index is 12.1. The van der Waals surface area contributed by atoms with Crippen molar-refractivity contribution in [3.8, 4) is 0 Å². The van der Waals surface area contributed by atoms with E-state index in [1.807, 2.05) is 30.3 Å². The van der Waals surface area contributed by atoms with Gasteiger partial charge in [-0.25, -0.2) is 9.59 Å². The van der Waals surface area contributed by atoms with E-state index >= 15 is 0 Å². The number of aromatic nitrogens is 1. The van der Waals surface area contributed by atoms with Gasteiger partial charge in [-0.2, -0.15) is 0 Å². The molecule has 0 saturated carbocycles. The second-order valence-corrected chi connectivity index (χ2v) is 4.76. The summed E-state index contributed by atoms with van der Waals surface area (Å²) in [6, 6.07) is 10.1. The van der Waals surface area contributed by atoms with Crippen molar-refractivity contribution in [3.05, 3.63) is 53.9 Å². The van der Waals surface area contributed by atoms with Gasteiger partial charge in [-0.1, -0.05) is 30.3 Å². The lowest BCUT2D eigenvalue weighted by molar-refractivity contribution is -0.121. The predicted octanol–water partition coefficient (Wildman–Crippen LogP) is 0.669. The van der Waals surface area contributed by atoms with Crippen LogP contribution in [0.25, 0.3) is 0 Å². The molecule has 0 radical (unpaired) electrons. The fraction of sp³-hybridized carbons (Fsp3) is 0.133. The van der Waals surface area contributed by atoms with Gasteiger partial charge in [0.25, 0.3) is 5.91 Å². The maximum absolute atomic E-state index is 12.1. The van der Waals surface area contributed by atoms with E-state index in [1.54, 1.807) is 10.8 Å². The minimum Gasteiger partial charge on any atom is -0.451 e. The smallest absolute Gasteiger partial charge is 0.355 e. The lowest BCUT2D eigenvalue weighted by Crippen LogP contribution is -2.22. The highest BCUT2D eigenvalue weighted by molar-refractivity contribution is 5.93. The third kappa shape index (κ3) is 4.60. The molecule has 0 aliphatic rings. The van der Waals surface area contributed by atoms with Crippen LogP contribution >= 0.6 is 0 Å². The van der Waals surface area contributed by atoms with E-state index in [0.717, 1.165) is 5.56 Å². The Balaban J connectivity index is 2.26. The molecule has 2 aromatic rings. The monoisotopic (exact) mass is 316 g/mol. The largest absolute Gasteiger partial charge is 0.451 e. The molecule has 1 aromatic carbocycles. The number of nitrogens with zero attached hydrogens (tertiary/aromatic N) is 1. The zero-order valence-electron chi connectivity index (χ0n) is 12.2. The average molecular weight is 316 g/mol. The number of rotatable bonds is 6. The van der Waals surface area contributed by atoms with Crippen LogP contribution in [0, 0.1) is 0 Å². The molecule has 0 fully saturated rings. The van der Waals surface area contributed by atoms with Crippen LogP contribution in [0.1, 0.15) is 16.1 Å². The number of nitrogens with two attached hydrogens (primary N) is 2. The summed E-state index contributed by atoms with van der Waals surface area (Å²) in [6.07, 6.45) is 1.55. The van der Waals surface area contributed by atoms with Gasteiger partial charge in [0, 0.05) is 12.7 Å². The molecular weight excluding hydrogens is 300 g/mol. The summed E-state index contributed by atoms with van der Waals surface area (Å²) >= 11 is 0. The topological polar surface area (TPSA) is 129 Å². The van der Waals surface area contributed by atoms with Crippen LogP contribution < -0.4 is 16.8 Å². The molecule has 0 unspecified atom stereocenters. The first-order valence-corrected chi connectivity index (χ1v) is 6.71. The van der Waals surface area contributed by atoms with Gasteiger partial charge in [0.2, 0.25) is 0 Å². The molecule has 0 atom stereocenters. The average Bonchev–Trinajstić information content (AvgIpc) is 2.87. The van der Waals surface area contributed by atoms with Crippen LogP contribution in [-0.2, 0) is 16.1 Å². The standard InChI is InChI=1S/C15H16N4O4/c16-13(20)9-23-14(21)12-6-11(18-15(17)22)8-19(12)7-10-4-2-1-3-5-10/h1-6,8H,7,9H2,(H2,16,20)(H3,17,18,22). The fourth-order valence-electron chi connectivity index (χ4n) is 2.01. The van der Waals surface area contributed by atoms with Crippen molar-refractivity contribution in [1.29, 1.82) is 0 Å². The minimum absolute atomic E-state index is 0.166. The maximum Gasteiger partial charge on any atom is 0.355 e. The number of nitrogens with one attached hydrogen (secondary N) is 1. The van der Waals surface area contributed by atoms with Gasteiger partial charge >= 0.3 is 12.0 Å². The molecule has 2 rings (SSSR count). The number of benzene rings is 1. The molecule has 120 valence electrons. The Kier molecular flexibility index (Phi) is 4.98. The summed E-state index contributed by atoms with van der Waals surface area (Å²) in [4.78, 5) is 33.7. The Morgan fingerprint density at radius 1 is 1.13 bits per heavy atom. The highest BCUT2D eigenvalue weighted by atomic mass is 16.5. The van der Waals surface area contributed by atoms with E-state index in [-0.39, 0.29) is 5.69 Å². The van der Waals surface area contributed by atoms with E-state index in [4.69, 9.17) is 16.2 Å². The molecule has 3 amide bonds. The van der Waals surface area contributed by atoms with Gasteiger partial charge in [0.1, 0.15) is 5.69 Å². The number of esters is 1. The molecule has 8 nitrogen and oxygen atoms in total. The molecule has 0 bridgehead atoms. The van der Waals surface area contributed by atoms with E-state index in [0.29, 0.717) is 12.2 Å². The van der Waals surface area contributed by atoms with Crippen molar-refractivity contribution >= 4 is 23.6 Å². The highest BCUT2D eigenvalue weighted by Crippen LogP contribution is 2.17. The van der Waals surface area contributed by atoms with Crippen LogP contribution in [-0.4, -0.2) is 29.1 Å². The Hall–Kier alpha value is -3.29. The first-order valence-electron chi connectivity index (χ1n) is 6.71. The van der Waals surface area contributed by atoms with Gasteiger partial charge in [-0.3, -0.25) is 4.79 Å². The third-order valence-corrected chi connectivity index (χ3v) is 2.91. The van der Waals surface area contributed by atoms with Crippen molar-refractivity contribution < 1.29 is 19.1 Å². The molecule has 0 saturated heterocycles. The fourth-order valence-corrected chi connectivity index (χ4v) is 2.01. The number of amides is 3.